The molecule has 0 bridgehead atoms. The van der Waals surface area contributed by atoms with Crippen molar-refractivity contribution in [3.8, 4) is 0 Å². The van der Waals surface area contributed by atoms with Crippen LogP contribution in [0.1, 0.15) is 39.7 Å². The van der Waals surface area contributed by atoms with Crippen molar-refractivity contribution >= 4 is 23.6 Å². The Balaban J connectivity index is 2.06. The van der Waals surface area contributed by atoms with Crippen molar-refractivity contribution in [3.05, 3.63) is 0 Å². The third-order valence-electron chi connectivity index (χ3n) is 3.25. The van der Waals surface area contributed by atoms with Gasteiger partial charge in [0, 0.05) is 19.1 Å². The number of thioether (sulfide) groups is 1. The van der Waals surface area contributed by atoms with Crippen molar-refractivity contribution < 1.29 is 4.79 Å². The van der Waals surface area contributed by atoms with Crippen molar-refractivity contribution in [2.75, 3.05) is 18.8 Å². The molecule has 1 aliphatic rings. The maximum absolute atomic E-state index is 12.3. The lowest BCUT2D eigenvalue weighted by Crippen LogP contribution is -2.34. The molecule has 106 valence electrons. The predicted molar refractivity (Wildman–Crippen MR) is 76.0 cm³/mol. The molecule has 2 N–H and O–H groups in total. The number of anilines is 1. The minimum absolute atomic E-state index is 0.154. The SMILES string of the molecule is CC(Sc1nnc(N)n1C(C)C)C(=O)N1CCCC1. The fraction of sp³-hybridized carbons (Fsp3) is 0.750. The van der Waals surface area contributed by atoms with E-state index < -0.39 is 0 Å². The predicted octanol–water partition coefficient (Wildman–Crippen LogP) is 1.54. The zero-order valence-electron chi connectivity index (χ0n) is 11.7. The van der Waals surface area contributed by atoms with Gasteiger partial charge in [0.1, 0.15) is 0 Å². The summed E-state index contributed by atoms with van der Waals surface area (Å²) in [4.78, 5) is 14.2. The summed E-state index contributed by atoms with van der Waals surface area (Å²) in [5.74, 6) is 0.581. The van der Waals surface area contributed by atoms with Crippen molar-refractivity contribution in [2.24, 2.45) is 0 Å². The fourth-order valence-corrected chi connectivity index (χ4v) is 3.33. The molecule has 1 saturated heterocycles. The minimum atomic E-state index is -0.154. The maximum Gasteiger partial charge on any atom is 0.235 e. The van der Waals surface area contributed by atoms with E-state index in [-0.39, 0.29) is 17.2 Å². The number of aromatic nitrogens is 3. The number of rotatable bonds is 4. The van der Waals surface area contributed by atoms with E-state index >= 15 is 0 Å². The Morgan fingerprint density at radius 3 is 2.47 bits per heavy atom. The lowest BCUT2D eigenvalue weighted by atomic mass is 10.4. The van der Waals surface area contributed by atoms with Crippen LogP contribution in [-0.2, 0) is 4.79 Å². The zero-order valence-corrected chi connectivity index (χ0v) is 12.5. The van der Waals surface area contributed by atoms with E-state index in [0.29, 0.717) is 11.1 Å². The lowest BCUT2D eigenvalue weighted by Gasteiger charge is -2.20. The Morgan fingerprint density at radius 2 is 1.89 bits per heavy atom. The molecule has 1 fully saturated rings. The first-order chi connectivity index (χ1) is 9.00. The molecule has 1 atom stereocenters. The van der Waals surface area contributed by atoms with Gasteiger partial charge in [0.25, 0.3) is 0 Å². The molecule has 1 aromatic heterocycles. The Hall–Kier alpha value is -1.24. The zero-order chi connectivity index (χ0) is 14.0. The standard InChI is InChI=1S/C12H21N5OS/c1-8(2)17-11(13)14-15-12(17)19-9(3)10(18)16-6-4-5-7-16/h8-9H,4-7H2,1-3H3,(H2,13,14). The van der Waals surface area contributed by atoms with E-state index in [1.54, 1.807) is 0 Å². The van der Waals surface area contributed by atoms with Crippen molar-refractivity contribution in [1.29, 1.82) is 0 Å². The number of amides is 1. The average molecular weight is 283 g/mol. The van der Waals surface area contributed by atoms with Crippen LogP contribution in [0, 0.1) is 0 Å². The molecule has 0 radical (unpaired) electrons. The smallest absolute Gasteiger partial charge is 0.235 e. The number of carbonyl (C=O) groups excluding carboxylic acids is 1. The molecule has 2 heterocycles. The Bertz CT molecular complexity index is 453. The fourth-order valence-electron chi connectivity index (χ4n) is 2.26. The highest BCUT2D eigenvalue weighted by Gasteiger charge is 2.26. The summed E-state index contributed by atoms with van der Waals surface area (Å²) in [6.45, 7) is 7.72. The van der Waals surface area contributed by atoms with Gasteiger partial charge >= 0.3 is 0 Å². The van der Waals surface area contributed by atoms with E-state index in [2.05, 4.69) is 10.2 Å². The first-order valence-corrected chi connectivity index (χ1v) is 7.54. The van der Waals surface area contributed by atoms with Crippen LogP contribution in [0.5, 0.6) is 0 Å². The molecule has 1 aromatic rings. The van der Waals surface area contributed by atoms with E-state index in [1.165, 1.54) is 11.8 Å². The van der Waals surface area contributed by atoms with Crippen LogP contribution in [0.4, 0.5) is 5.95 Å². The molecule has 1 amide bonds. The monoisotopic (exact) mass is 283 g/mol. The third-order valence-corrected chi connectivity index (χ3v) is 4.30. The summed E-state index contributed by atoms with van der Waals surface area (Å²) in [6, 6.07) is 0.187. The molecular formula is C12H21N5OS. The molecule has 2 rings (SSSR count). The number of carbonyl (C=O) groups is 1. The van der Waals surface area contributed by atoms with Crippen LogP contribution in [0.15, 0.2) is 5.16 Å². The highest BCUT2D eigenvalue weighted by molar-refractivity contribution is 8.00. The largest absolute Gasteiger partial charge is 0.368 e. The molecule has 1 unspecified atom stereocenters. The summed E-state index contributed by atoms with van der Waals surface area (Å²) in [7, 11) is 0. The number of nitrogens with two attached hydrogens (primary N) is 1. The van der Waals surface area contributed by atoms with Crippen LogP contribution in [0.3, 0.4) is 0 Å². The van der Waals surface area contributed by atoms with E-state index in [0.717, 1.165) is 25.9 Å². The van der Waals surface area contributed by atoms with E-state index in [1.807, 2.05) is 30.2 Å². The molecule has 7 heteroatoms. The van der Waals surface area contributed by atoms with Gasteiger partial charge in [-0.1, -0.05) is 11.8 Å². The molecule has 6 nitrogen and oxygen atoms in total. The Kier molecular flexibility index (Phi) is 4.34. The van der Waals surface area contributed by atoms with Gasteiger partial charge in [-0.2, -0.15) is 0 Å². The van der Waals surface area contributed by atoms with Gasteiger partial charge in [0.2, 0.25) is 11.9 Å². The second kappa shape index (κ2) is 5.81. The van der Waals surface area contributed by atoms with Crippen LogP contribution < -0.4 is 5.73 Å². The first kappa shape index (κ1) is 14.2. The number of hydrogen-bond acceptors (Lipinski definition) is 5. The summed E-state index contributed by atoms with van der Waals surface area (Å²) < 4.78 is 1.86. The molecular weight excluding hydrogens is 262 g/mol. The quantitative estimate of drug-likeness (QED) is 0.848. The van der Waals surface area contributed by atoms with Crippen molar-refractivity contribution in [2.45, 2.75) is 50.1 Å². The lowest BCUT2D eigenvalue weighted by molar-refractivity contribution is -0.129. The number of hydrogen-bond donors (Lipinski definition) is 1. The summed E-state index contributed by atoms with van der Waals surface area (Å²) >= 11 is 1.43. The van der Waals surface area contributed by atoms with Gasteiger partial charge < -0.3 is 10.6 Å². The van der Waals surface area contributed by atoms with Crippen LogP contribution in [-0.4, -0.2) is 43.9 Å². The summed E-state index contributed by atoms with van der Waals surface area (Å²) in [6.07, 6.45) is 2.22. The number of nitrogen functional groups attached to an aromatic ring is 1. The highest BCUT2D eigenvalue weighted by Crippen LogP contribution is 2.27. The van der Waals surface area contributed by atoms with Crippen LogP contribution in [0.2, 0.25) is 0 Å². The highest BCUT2D eigenvalue weighted by atomic mass is 32.2. The van der Waals surface area contributed by atoms with Crippen molar-refractivity contribution in [1.82, 2.24) is 19.7 Å². The van der Waals surface area contributed by atoms with E-state index in [9.17, 15) is 4.79 Å². The molecule has 19 heavy (non-hydrogen) atoms. The minimum Gasteiger partial charge on any atom is -0.368 e. The average Bonchev–Trinajstić information content (AvgIpc) is 2.97. The van der Waals surface area contributed by atoms with E-state index in [4.69, 9.17) is 5.73 Å². The summed E-state index contributed by atoms with van der Waals surface area (Å²) in [5, 5.41) is 8.52. The molecule has 0 saturated carbocycles. The second-order valence-electron chi connectivity index (χ2n) is 5.10. The number of nitrogens with zero attached hydrogens (tertiary/aromatic N) is 4. The van der Waals surface area contributed by atoms with Crippen LogP contribution in [0.25, 0.3) is 0 Å². The third kappa shape index (κ3) is 3.02. The van der Waals surface area contributed by atoms with Crippen LogP contribution >= 0.6 is 11.8 Å². The van der Waals surface area contributed by atoms with Gasteiger partial charge in [-0.05, 0) is 33.6 Å². The molecule has 0 spiro atoms. The number of likely N-dealkylation sites (tertiary alicyclic amines) is 1. The normalized spacial score (nSPS) is 17.2. The van der Waals surface area contributed by atoms with Gasteiger partial charge in [0.15, 0.2) is 5.16 Å². The second-order valence-corrected chi connectivity index (χ2v) is 6.40. The molecule has 0 aliphatic carbocycles. The van der Waals surface area contributed by atoms with Gasteiger partial charge in [0.05, 0.1) is 5.25 Å². The van der Waals surface area contributed by atoms with Crippen molar-refractivity contribution in [3.63, 3.8) is 0 Å². The van der Waals surface area contributed by atoms with Gasteiger partial charge in [-0.3, -0.25) is 9.36 Å². The summed E-state index contributed by atoms with van der Waals surface area (Å²) in [5.41, 5.74) is 5.80. The molecule has 0 aromatic carbocycles. The Labute approximate surface area is 117 Å². The first-order valence-electron chi connectivity index (χ1n) is 6.66. The van der Waals surface area contributed by atoms with Gasteiger partial charge in [-0.15, -0.1) is 10.2 Å². The molecule has 1 aliphatic heterocycles. The van der Waals surface area contributed by atoms with Gasteiger partial charge in [-0.25, -0.2) is 0 Å². The Morgan fingerprint density at radius 1 is 1.26 bits per heavy atom. The maximum atomic E-state index is 12.3. The topological polar surface area (TPSA) is 77.0 Å².